The van der Waals surface area contributed by atoms with Crippen molar-refractivity contribution in [2.45, 2.75) is 19.3 Å². The molecule has 5 rings (SSSR count). The molecule has 29 heavy (non-hydrogen) atoms. The minimum absolute atomic E-state index is 0.630. The third-order valence-electron chi connectivity index (χ3n) is 5.85. The Morgan fingerprint density at radius 1 is 0.931 bits per heavy atom. The zero-order valence-electron chi connectivity index (χ0n) is 16.6. The second-order valence-corrected chi connectivity index (χ2v) is 7.89. The number of hydrogen-bond acceptors (Lipinski definition) is 4. The molecular formula is C25H24N4. The van der Waals surface area contributed by atoms with Crippen molar-refractivity contribution >= 4 is 16.7 Å². The molecular weight excluding hydrogens is 356 g/mol. The van der Waals surface area contributed by atoms with Gasteiger partial charge in [0, 0.05) is 36.9 Å². The Hall–Kier alpha value is -3.27. The van der Waals surface area contributed by atoms with E-state index >= 15 is 0 Å². The largest absolute Gasteiger partial charge is 0.359 e. The monoisotopic (exact) mass is 380 g/mol. The molecule has 4 aromatic rings. The summed E-state index contributed by atoms with van der Waals surface area (Å²) in [5, 5.41) is 1.10. The zero-order chi connectivity index (χ0) is 19.6. The Morgan fingerprint density at radius 3 is 2.62 bits per heavy atom. The lowest BCUT2D eigenvalue weighted by Gasteiger charge is -2.30. The SMILES string of the molecule is CN(CC1CCc2ccccc2C1)c1nc(-c2cccnc2)nc2ccccc12. The molecule has 0 aliphatic heterocycles. The lowest BCUT2D eigenvalue weighted by Crippen LogP contribution is -2.30. The standard InChI is InChI=1S/C25H24N4/c1-29(17-18-12-13-19-7-2-3-8-20(19)15-18)25-22-10-4-5-11-23(22)27-24(28-25)21-9-6-14-26-16-21/h2-11,14,16,18H,12-13,15,17H2,1H3. The van der Waals surface area contributed by atoms with Gasteiger partial charge in [0.2, 0.25) is 0 Å². The van der Waals surface area contributed by atoms with Gasteiger partial charge in [0.05, 0.1) is 5.52 Å². The molecule has 0 spiro atoms. The number of para-hydroxylation sites is 1. The van der Waals surface area contributed by atoms with Gasteiger partial charge >= 0.3 is 0 Å². The van der Waals surface area contributed by atoms with Crippen LogP contribution in [-0.4, -0.2) is 28.5 Å². The molecule has 0 bridgehead atoms. The Balaban J connectivity index is 1.47. The molecule has 4 heteroatoms. The predicted octanol–water partition coefficient (Wildman–Crippen LogP) is 4.93. The molecule has 0 saturated heterocycles. The van der Waals surface area contributed by atoms with Gasteiger partial charge in [-0.25, -0.2) is 9.97 Å². The van der Waals surface area contributed by atoms with E-state index in [0.29, 0.717) is 5.92 Å². The quantitative estimate of drug-likeness (QED) is 0.503. The maximum atomic E-state index is 4.96. The summed E-state index contributed by atoms with van der Waals surface area (Å²) in [4.78, 5) is 16.3. The highest BCUT2D eigenvalue weighted by Gasteiger charge is 2.21. The molecule has 1 aliphatic rings. The molecule has 2 heterocycles. The van der Waals surface area contributed by atoms with Gasteiger partial charge in [0.25, 0.3) is 0 Å². The number of anilines is 1. The number of pyridine rings is 1. The minimum Gasteiger partial charge on any atom is -0.359 e. The molecule has 2 aromatic heterocycles. The maximum Gasteiger partial charge on any atom is 0.163 e. The summed E-state index contributed by atoms with van der Waals surface area (Å²) in [6.07, 6.45) is 7.13. The number of hydrogen-bond donors (Lipinski definition) is 0. The van der Waals surface area contributed by atoms with E-state index in [2.05, 4.69) is 59.4 Å². The van der Waals surface area contributed by atoms with Gasteiger partial charge in [-0.2, -0.15) is 0 Å². The van der Waals surface area contributed by atoms with Crippen LogP contribution < -0.4 is 4.90 Å². The van der Waals surface area contributed by atoms with Crippen LogP contribution in [0.4, 0.5) is 5.82 Å². The first-order valence-corrected chi connectivity index (χ1v) is 10.2. The third kappa shape index (κ3) is 3.58. The van der Waals surface area contributed by atoms with E-state index in [1.165, 1.54) is 24.0 Å². The Labute approximate surface area is 171 Å². The van der Waals surface area contributed by atoms with Crippen molar-refractivity contribution < 1.29 is 0 Å². The third-order valence-corrected chi connectivity index (χ3v) is 5.85. The van der Waals surface area contributed by atoms with E-state index in [4.69, 9.17) is 9.97 Å². The van der Waals surface area contributed by atoms with Crippen molar-refractivity contribution in [1.82, 2.24) is 15.0 Å². The smallest absolute Gasteiger partial charge is 0.163 e. The molecule has 0 N–H and O–H groups in total. The van der Waals surface area contributed by atoms with E-state index in [9.17, 15) is 0 Å². The van der Waals surface area contributed by atoms with Crippen LogP contribution >= 0.6 is 0 Å². The van der Waals surface area contributed by atoms with Gasteiger partial charge in [0.15, 0.2) is 5.82 Å². The second-order valence-electron chi connectivity index (χ2n) is 7.89. The highest BCUT2D eigenvalue weighted by atomic mass is 15.2. The summed E-state index contributed by atoms with van der Waals surface area (Å²) in [5.74, 6) is 2.35. The summed E-state index contributed by atoms with van der Waals surface area (Å²) in [7, 11) is 2.16. The predicted molar refractivity (Wildman–Crippen MR) is 118 cm³/mol. The van der Waals surface area contributed by atoms with Gasteiger partial charge in [-0.05, 0) is 60.6 Å². The summed E-state index contributed by atoms with van der Waals surface area (Å²) in [5.41, 5.74) is 4.93. The van der Waals surface area contributed by atoms with E-state index < -0.39 is 0 Å². The van der Waals surface area contributed by atoms with Crippen LogP contribution in [-0.2, 0) is 12.8 Å². The van der Waals surface area contributed by atoms with Crippen molar-refractivity contribution in [2.75, 3.05) is 18.5 Å². The average Bonchev–Trinajstić information content (AvgIpc) is 2.79. The molecule has 0 fully saturated rings. The maximum absolute atomic E-state index is 4.96. The first kappa shape index (κ1) is 17.8. The van der Waals surface area contributed by atoms with Gasteiger partial charge < -0.3 is 4.90 Å². The fourth-order valence-electron chi connectivity index (χ4n) is 4.38. The van der Waals surface area contributed by atoms with E-state index in [0.717, 1.165) is 41.1 Å². The van der Waals surface area contributed by atoms with Gasteiger partial charge in [0.1, 0.15) is 5.82 Å². The van der Waals surface area contributed by atoms with Crippen molar-refractivity contribution in [1.29, 1.82) is 0 Å². The number of fused-ring (bicyclic) bond motifs is 2. The van der Waals surface area contributed by atoms with Crippen LogP contribution in [0.2, 0.25) is 0 Å². The molecule has 4 nitrogen and oxygen atoms in total. The van der Waals surface area contributed by atoms with Crippen LogP contribution in [0.25, 0.3) is 22.3 Å². The van der Waals surface area contributed by atoms with Gasteiger partial charge in [-0.3, -0.25) is 4.98 Å². The first-order valence-electron chi connectivity index (χ1n) is 10.2. The summed E-state index contributed by atoms with van der Waals surface area (Å²) in [6, 6.07) is 21.1. The van der Waals surface area contributed by atoms with Crippen LogP contribution in [0, 0.1) is 5.92 Å². The Morgan fingerprint density at radius 2 is 1.76 bits per heavy atom. The molecule has 0 radical (unpaired) electrons. The molecule has 0 amide bonds. The molecule has 1 unspecified atom stereocenters. The van der Waals surface area contributed by atoms with Crippen molar-refractivity contribution in [3.8, 4) is 11.4 Å². The summed E-state index contributed by atoms with van der Waals surface area (Å²) >= 11 is 0. The molecule has 1 aliphatic carbocycles. The number of rotatable bonds is 4. The highest BCUT2D eigenvalue weighted by molar-refractivity contribution is 5.90. The minimum atomic E-state index is 0.630. The topological polar surface area (TPSA) is 41.9 Å². The fraction of sp³-hybridized carbons (Fsp3) is 0.240. The number of benzene rings is 2. The summed E-state index contributed by atoms with van der Waals surface area (Å²) < 4.78 is 0. The molecule has 2 aromatic carbocycles. The lowest BCUT2D eigenvalue weighted by molar-refractivity contribution is 0.460. The lowest BCUT2D eigenvalue weighted by atomic mass is 9.84. The van der Waals surface area contributed by atoms with E-state index in [-0.39, 0.29) is 0 Å². The van der Waals surface area contributed by atoms with Crippen LogP contribution in [0.5, 0.6) is 0 Å². The summed E-state index contributed by atoms with van der Waals surface area (Å²) in [6.45, 7) is 0.988. The van der Waals surface area contributed by atoms with Crippen molar-refractivity contribution in [3.05, 3.63) is 84.2 Å². The second kappa shape index (κ2) is 7.63. The van der Waals surface area contributed by atoms with Crippen molar-refractivity contribution in [3.63, 3.8) is 0 Å². The first-order chi connectivity index (χ1) is 14.3. The van der Waals surface area contributed by atoms with Crippen LogP contribution in [0.1, 0.15) is 17.5 Å². The Kier molecular flexibility index (Phi) is 4.68. The number of aromatic nitrogens is 3. The Bertz CT molecular complexity index is 1140. The number of nitrogens with zero attached hydrogens (tertiary/aromatic N) is 4. The van der Waals surface area contributed by atoms with Crippen molar-refractivity contribution in [2.24, 2.45) is 5.92 Å². The fourth-order valence-corrected chi connectivity index (χ4v) is 4.38. The number of aryl methyl sites for hydroxylation is 1. The van der Waals surface area contributed by atoms with E-state index in [1.54, 1.807) is 6.20 Å². The molecule has 1 atom stereocenters. The highest BCUT2D eigenvalue weighted by Crippen LogP contribution is 2.30. The normalized spacial score (nSPS) is 15.8. The van der Waals surface area contributed by atoms with E-state index in [1.807, 2.05) is 24.4 Å². The van der Waals surface area contributed by atoms with Gasteiger partial charge in [-0.1, -0.05) is 36.4 Å². The van der Waals surface area contributed by atoms with Gasteiger partial charge in [-0.15, -0.1) is 0 Å². The van der Waals surface area contributed by atoms with Crippen LogP contribution in [0.3, 0.4) is 0 Å². The van der Waals surface area contributed by atoms with Crippen LogP contribution in [0.15, 0.2) is 73.1 Å². The molecule has 144 valence electrons. The average molecular weight is 380 g/mol. The molecule has 0 saturated carbocycles. The zero-order valence-corrected chi connectivity index (χ0v) is 16.6.